The van der Waals surface area contributed by atoms with E-state index < -0.39 is 6.04 Å². The Hall–Kier alpha value is -2.73. The topological polar surface area (TPSA) is 67.9 Å². The Morgan fingerprint density at radius 2 is 1.68 bits per heavy atom. The zero-order chi connectivity index (χ0) is 22.2. The van der Waals surface area contributed by atoms with E-state index >= 15 is 0 Å². The summed E-state index contributed by atoms with van der Waals surface area (Å²) in [5, 5.41) is 3.68. The van der Waals surface area contributed by atoms with Crippen LogP contribution in [0.2, 0.25) is 5.02 Å². The molecule has 1 saturated carbocycles. The fraction of sp³-hybridized carbons (Fsp3) is 0.417. The first-order valence-corrected chi connectivity index (χ1v) is 10.9. The van der Waals surface area contributed by atoms with Gasteiger partial charge in [0.05, 0.1) is 7.11 Å². The van der Waals surface area contributed by atoms with Crippen molar-refractivity contribution in [3.8, 4) is 11.5 Å². The van der Waals surface area contributed by atoms with Crippen LogP contribution in [0.1, 0.15) is 38.2 Å². The SMILES string of the molecule is COc1ccc(CN(C(=O)COc2ccc(Cl)cc2)C(C)C(=O)NC2CCCC2)cc1. The first-order chi connectivity index (χ1) is 15.0. The van der Waals surface area contributed by atoms with E-state index in [-0.39, 0.29) is 24.5 Å². The van der Waals surface area contributed by atoms with Gasteiger partial charge in [-0.05, 0) is 61.7 Å². The van der Waals surface area contributed by atoms with Crippen molar-refractivity contribution in [3.63, 3.8) is 0 Å². The average molecular weight is 445 g/mol. The van der Waals surface area contributed by atoms with Crippen LogP contribution in [-0.4, -0.2) is 42.5 Å². The number of ether oxygens (including phenoxy) is 2. The Bertz CT molecular complexity index is 864. The second kappa shape index (κ2) is 11.0. The zero-order valence-electron chi connectivity index (χ0n) is 18.0. The highest BCUT2D eigenvalue weighted by molar-refractivity contribution is 6.30. The van der Waals surface area contributed by atoms with Crippen molar-refractivity contribution in [3.05, 3.63) is 59.1 Å². The highest BCUT2D eigenvalue weighted by Crippen LogP contribution is 2.20. The van der Waals surface area contributed by atoms with Gasteiger partial charge in [0.15, 0.2) is 6.61 Å². The predicted octanol–water partition coefficient (Wildman–Crippen LogP) is 4.20. The molecule has 1 N–H and O–H groups in total. The number of benzene rings is 2. The lowest BCUT2D eigenvalue weighted by Crippen LogP contribution is -2.50. The van der Waals surface area contributed by atoms with Gasteiger partial charge in [-0.3, -0.25) is 9.59 Å². The standard InChI is InChI=1S/C24H29ClN2O4/c1-17(24(29)26-20-5-3-4-6-20)27(15-18-7-11-21(30-2)12-8-18)23(28)16-31-22-13-9-19(25)10-14-22/h7-14,17,20H,3-6,15-16H2,1-2H3,(H,26,29). The van der Waals surface area contributed by atoms with E-state index in [0.29, 0.717) is 17.3 Å². The van der Waals surface area contributed by atoms with Gasteiger partial charge in [-0.25, -0.2) is 0 Å². The fourth-order valence-corrected chi connectivity index (χ4v) is 3.79. The maximum absolute atomic E-state index is 13.1. The van der Waals surface area contributed by atoms with Gasteiger partial charge in [0.2, 0.25) is 5.91 Å². The smallest absolute Gasteiger partial charge is 0.261 e. The summed E-state index contributed by atoms with van der Waals surface area (Å²) in [6, 6.07) is 13.8. The Kier molecular flexibility index (Phi) is 8.18. The third-order valence-corrected chi connectivity index (χ3v) is 5.81. The molecule has 0 bridgehead atoms. The third kappa shape index (κ3) is 6.62. The summed E-state index contributed by atoms with van der Waals surface area (Å²) < 4.78 is 10.8. The minimum atomic E-state index is -0.621. The molecule has 1 atom stereocenters. The molecule has 7 heteroatoms. The Labute approximate surface area is 188 Å². The van der Waals surface area contributed by atoms with E-state index in [1.165, 1.54) is 0 Å². The predicted molar refractivity (Wildman–Crippen MR) is 120 cm³/mol. The largest absolute Gasteiger partial charge is 0.497 e. The maximum atomic E-state index is 13.1. The van der Waals surface area contributed by atoms with E-state index in [9.17, 15) is 9.59 Å². The van der Waals surface area contributed by atoms with Crippen LogP contribution in [0.5, 0.6) is 11.5 Å². The van der Waals surface area contributed by atoms with E-state index in [4.69, 9.17) is 21.1 Å². The minimum Gasteiger partial charge on any atom is -0.497 e. The Morgan fingerprint density at radius 3 is 2.29 bits per heavy atom. The third-order valence-electron chi connectivity index (χ3n) is 5.56. The molecule has 6 nitrogen and oxygen atoms in total. The van der Waals surface area contributed by atoms with E-state index in [2.05, 4.69) is 5.32 Å². The van der Waals surface area contributed by atoms with Crippen molar-refractivity contribution < 1.29 is 19.1 Å². The van der Waals surface area contributed by atoms with Crippen molar-refractivity contribution in [2.24, 2.45) is 0 Å². The second-order valence-corrected chi connectivity index (χ2v) is 8.21. The summed E-state index contributed by atoms with van der Waals surface area (Å²) in [6.07, 6.45) is 4.24. The highest BCUT2D eigenvalue weighted by atomic mass is 35.5. The van der Waals surface area contributed by atoms with Gasteiger partial charge in [0.25, 0.3) is 5.91 Å². The fourth-order valence-electron chi connectivity index (χ4n) is 3.66. The van der Waals surface area contributed by atoms with Gasteiger partial charge in [0, 0.05) is 17.6 Å². The summed E-state index contributed by atoms with van der Waals surface area (Å²) in [5.74, 6) is 0.880. The van der Waals surface area contributed by atoms with Crippen molar-refractivity contribution in [1.29, 1.82) is 0 Å². The van der Waals surface area contributed by atoms with Crippen LogP contribution in [0.4, 0.5) is 0 Å². The van der Waals surface area contributed by atoms with Gasteiger partial charge < -0.3 is 19.7 Å². The van der Waals surface area contributed by atoms with Gasteiger partial charge in [-0.1, -0.05) is 36.6 Å². The quantitative estimate of drug-likeness (QED) is 0.629. The zero-order valence-corrected chi connectivity index (χ0v) is 18.7. The normalized spacial score (nSPS) is 14.7. The van der Waals surface area contributed by atoms with Crippen LogP contribution < -0.4 is 14.8 Å². The summed E-state index contributed by atoms with van der Waals surface area (Å²) >= 11 is 5.90. The maximum Gasteiger partial charge on any atom is 0.261 e. The van der Waals surface area contributed by atoms with Crippen LogP contribution in [0, 0.1) is 0 Å². The average Bonchev–Trinajstić information content (AvgIpc) is 3.30. The summed E-state index contributed by atoms with van der Waals surface area (Å²) in [6.45, 7) is 1.89. The molecule has 166 valence electrons. The monoisotopic (exact) mass is 444 g/mol. The molecule has 3 rings (SSSR count). The molecule has 1 fully saturated rings. The molecule has 1 aliphatic rings. The first kappa shape index (κ1) is 22.9. The van der Waals surface area contributed by atoms with Crippen LogP contribution in [0.25, 0.3) is 0 Å². The minimum absolute atomic E-state index is 0.139. The number of carbonyl (C=O) groups excluding carboxylic acids is 2. The molecular formula is C24H29ClN2O4. The lowest BCUT2D eigenvalue weighted by molar-refractivity contribution is -0.142. The molecule has 0 aromatic heterocycles. The van der Waals surface area contributed by atoms with E-state index in [0.717, 1.165) is 37.0 Å². The van der Waals surface area contributed by atoms with Crippen molar-refractivity contribution >= 4 is 23.4 Å². The number of carbonyl (C=O) groups is 2. The number of nitrogens with one attached hydrogen (secondary N) is 1. The van der Waals surface area contributed by atoms with Gasteiger partial charge in [0.1, 0.15) is 17.5 Å². The lowest BCUT2D eigenvalue weighted by atomic mass is 10.1. The van der Waals surface area contributed by atoms with E-state index in [1.807, 2.05) is 24.3 Å². The van der Waals surface area contributed by atoms with Gasteiger partial charge in [-0.2, -0.15) is 0 Å². The molecule has 2 aromatic carbocycles. The Morgan fingerprint density at radius 1 is 1.06 bits per heavy atom. The van der Waals surface area contributed by atoms with Crippen molar-refractivity contribution in [2.45, 2.75) is 51.2 Å². The summed E-state index contributed by atoms with van der Waals surface area (Å²) in [7, 11) is 1.61. The molecule has 0 aliphatic heterocycles. The summed E-state index contributed by atoms with van der Waals surface area (Å²) in [4.78, 5) is 27.5. The molecule has 2 amide bonds. The second-order valence-electron chi connectivity index (χ2n) is 7.78. The number of hydrogen-bond acceptors (Lipinski definition) is 4. The van der Waals surface area contributed by atoms with Crippen molar-refractivity contribution in [2.75, 3.05) is 13.7 Å². The number of halogens is 1. The molecule has 31 heavy (non-hydrogen) atoms. The number of rotatable bonds is 9. The van der Waals surface area contributed by atoms with Crippen LogP contribution in [-0.2, 0) is 16.1 Å². The molecular weight excluding hydrogens is 416 g/mol. The van der Waals surface area contributed by atoms with Crippen LogP contribution in [0.3, 0.4) is 0 Å². The number of nitrogens with zero attached hydrogens (tertiary/aromatic N) is 1. The molecule has 1 unspecified atom stereocenters. The molecule has 2 aromatic rings. The lowest BCUT2D eigenvalue weighted by Gasteiger charge is -2.29. The molecule has 0 radical (unpaired) electrons. The number of hydrogen-bond donors (Lipinski definition) is 1. The number of methoxy groups -OCH3 is 1. The Balaban J connectivity index is 1.70. The van der Waals surface area contributed by atoms with Gasteiger partial charge >= 0.3 is 0 Å². The molecule has 1 aliphatic carbocycles. The summed E-state index contributed by atoms with van der Waals surface area (Å²) in [5.41, 5.74) is 0.904. The van der Waals surface area contributed by atoms with Crippen LogP contribution >= 0.6 is 11.6 Å². The molecule has 0 spiro atoms. The first-order valence-electron chi connectivity index (χ1n) is 10.6. The molecule has 0 saturated heterocycles. The van der Waals surface area contributed by atoms with E-state index in [1.54, 1.807) is 43.2 Å². The van der Waals surface area contributed by atoms with Gasteiger partial charge in [-0.15, -0.1) is 0 Å². The number of amides is 2. The van der Waals surface area contributed by atoms with Crippen molar-refractivity contribution in [1.82, 2.24) is 10.2 Å². The highest BCUT2D eigenvalue weighted by Gasteiger charge is 2.28. The molecule has 0 heterocycles. The van der Waals surface area contributed by atoms with Crippen LogP contribution in [0.15, 0.2) is 48.5 Å².